The zero-order valence-electron chi connectivity index (χ0n) is 14.4. The summed E-state index contributed by atoms with van der Waals surface area (Å²) in [6, 6.07) is 10.6. The topological polar surface area (TPSA) is 77.2 Å². The highest BCUT2D eigenvalue weighted by atomic mass is 79.9. The monoisotopic (exact) mass is 415 g/mol. The maximum Gasteiger partial charge on any atom is 0.157 e. The second kappa shape index (κ2) is 7.70. The molecular weight excluding hydrogens is 398 g/mol. The Morgan fingerprint density at radius 1 is 1.27 bits per heavy atom. The summed E-state index contributed by atoms with van der Waals surface area (Å²) in [7, 11) is 0. The first-order valence-electron chi connectivity index (χ1n) is 8.10. The molecule has 0 atom stereocenters. The first-order chi connectivity index (χ1) is 12.5. The fourth-order valence-corrected chi connectivity index (χ4v) is 2.96. The number of carbonyl (C=O) groups is 1. The summed E-state index contributed by atoms with van der Waals surface area (Å²) >= 11 is 3.41. The number of hydrogen-bond acceptors (Lipinski definition) is 5. The van der Waals surface area contributed by atoms with Crippen LogP contribution in [0.5, 0.6) is 11.5 Å². The van der Waals surface area contributed by atoms with Crippen LogP contribution in [0.4, 0.5) is 0 Å². The summed E-state index contributed by atoms with van der Waals surface area (Å²) < 4.78 is 8.40. The van der Waals surface area contributed by atoms with Crippen LogP contribution in [0.25, 0.3) is 11.4 Å². The van der Waals surface area contributed by atoms with Gasteiger partial charge in [0.1, 0.15) is 22.7 Å². The molecule has 3 rings (SSSR count). The highest BCUT2D eigenvalue weighted by Crippen LogP contribution is 2.29. The zero-order valence-corrected chi connectivity index (χ0v) is 16.0. The predicted octanol–water partition coefficient (Wildman–Crippen LogP) is 4.39. The van der Waals surface area contributed by atoms with E-state index in [0.717, 1.165) is 17.0 Å². The van der Waals surface area contributed by atoms with Crippen molar-refractivity contribution in [3.63, 3.8) is 0 Å². The van der Waals surface area contributed by atoms with E-state index in [0.29, 0.717) is 16.6 Å². The number of aldehydes is 1. The molecule has 0 fully saturated rings. The Morgan fingerprint density at radius 2 is 2.08 bits per heavy atom. The third-order valence-electron chi connectivity index (χ3n) is 3.89. The Kier molecular flexibility index (Phi) is 5.37. The van der Waals surface area contributed by atoms with Gasteiger partial charge in [0.05, 0.1) is 17.0 Å². The van der Waals surface area contributed by atoms with Crippen molar-refractivity contribution in [2.75, 3.05) is 0 Å². The number of halogens is 1. The average molecular weight is 416 g/mol. The van der Waals surface area contributed by atoms with E-state index in [1.54, 1.807) is 18.3 Å². The van der Waals surface area contributed by atoms with Crippen LogP contribution >= 0.6 is 15.9 Å². The van der Waals surface area contributed by atoms with Gasteiger partial charge in [-0.1, -0.05) is 12.1 Å². The van der Waals surface area contributed by atoms with Gasteiger partial charge >= 0.3 is 0 Å². The van der Waals surface area contributed by atoms with Crippen molar-refractivity contribution < 1.29 is 14.6 Å². The molecule has 0 aliphatic heterocycles. The Hall–Kier alpha value is -2.67. The van der Waals surface area contributed by atoms with Crippen molar-refractivity contribution >= 4 is 22.2 Å². The minimum atomic E-state index is -0.107. The van der Waals surface area contributed by atoms with E-state index in [1.807, 2.05) is 36.7 Å². The summed E-state index contributed by atoms with van der Waals surface area (Å²) in [6.45, 7) is 4.30. The number of benzene rings is 1. The largest absolute Gasteiger partial charge is 0.507 e. The van der Waals surface area contributed by atoms with Crippen LogP contribution in [0.1, 0.15) is 35.8 Å². The Labute approximate surface area is 159 Å². The number of phenolic OH excluding ortho intramolecular Hbond substituents is 1. The van der Waals surface area contributed by atoms with Gasteiger partial charge in [-0.3, -0.25) is 9.48 Å². The maximum absolute atomic E-state index is 11.2. The van der Waals surface area contributed by atoms with Crippen molar-refractivity contribution in [1.82, 2.24) is 14.8 Å². The number of rotatable bonds is 6. The Bertz CT molecular complexity index is 938. The fourth-order valence-electron chi connectivity index (χ4n) is 2.65. The second-order valence-corrected chi connectivity index (χ2v) is 6.80. The standard InChI is InChI=1S/C19H18BrN3O3/c1-12(2)23-15(8-9-21-23)19-13(6-7-18(20)22-19)11-26-17-5-3-4-16(25)14(17)10-24/h3-10,12,25H,11H2,1-2H3. The van der Waals surface area contributed by atoms with Gasteiger partial charge in [0.25, 0.3) is 0 Å². The molecule has 0 radical (unpaired) electrons. The minimum absolute atomic E-state index is 0.107. The second-order valence-electron chi connectivity index (χ2n) is 5.99. The lowest BCUT2D eigenvalue weighted by Crippen LogP contribution is -2.08. The van der Waals surface area contributed by atoms with E-state index in [9.17, 15) is 9.90 Å². The van der Waals surface area contributed by atoms with E-state index in [2.05, 4.69) is 26.0 Å². The molecule has 1 N–H and O–H groups in total. The van der Waals surface area contributed by atoms with Crippen LogP contribution in [0.3, 0.4) is 0 Å². The summed E-state index contributed by atoms with van der Waals surface area (Å²) in [5.74, 6) is 0.218. The molecule has 134 valence electrons. The lowest BCUT2D eigenvalue weighted by molar-refractivity contribution is 0.111. The van der Waals surface area contributed by atoms with Crippen LogP contribution in [0.2, 0.25) is 0 Å². The molecule has 26 heavy (non-hydrogen) atoms. The predicted molar refractivity (Wildman–Crippen MR) is 101 cm³/mol. The van der Waals surface area contributed by atoms with Crippen LogP contribution in [0, 0.1) is 0 Å². The summed E-state index contributed by atoms with van der Waals surface area (Å²) in [4.78, 5) is 15.8. The Balaban J connectivity index is 1.96. The lowest BCUT2D eigenvalue weighted by Gasteiger charge is -2.15. The Morgan fingerprint density at radius 3 is 2.81 bits per heavy atom. The first-order valence-corrected chi connectivity index (χ1v) is 8.89. The van der Waals surface area contributed by atoms with E-state index >= 15 is 0 Å². The van der Waals surface area contributed by atoms with Crippen LogP contribution in [-0.2, 0) is 6.61 Å². The normalized spacial score (nSPS) is 10.9. The number of hydrogen-bond donors (Lipinski definition) is 1. The highest BCUT2D eigenvalue weighted by Gasteiger charge is 2.16. The summed E-state index contributed by atoms with van der Waals surface area (Å²) in [5, 5.41) is 14.1. The number of phenols is 1. The van der Waals surface area contributed by atoms with Gasteiger partial charge in [-0.05, 0) is 54.0 Å². The molecule has 6 nitrogen and oxygen atoms in total. The van der Waals surface area contributed by atoms with Gasteiger partial charge in [-0.15, -0.1) is 0 Å². The molecule has 3 aromatic rings. The van der Waals surface area contributed by atoms with Crippen molar-refractivity contribution in [2.24, 2.45) is 0 Å². The van der Waals surface area contributed by atoms with Gasteiger partial charge in [-0.25, -0.2) is 4.98 Å². The maximum atomic E-state index is 11.2. The molecule has 2 heterocycles. The number of aromatic nitrogens is 3. The number of aromatic hydroxyl groups is 1. The average Bonchev–Trinajstić information content (AvgIpc) is 3.10. The zero-order chi connectivity index (χ0) is 18.7. The van der Waals surface area contributed by atoms with Crippen molar-refractivity contribution in [2.45, 2.75) is 26.5 Å². The van der Waals surface area contributed by atoms with E-state index < -0.39 is 0 Å². The van der Waals surface area contributed by atoms with E-state index in [4.69, 9.17) is 4.74 Å². The van der Waals surface area contributed by atoms with Gasteiger partial charge in [0.15, 0.2) is 6.29 Å². The van der Waals surface area contributed by atoms with Gasteiger partial charge in [0, 0.05) is 17.8 Å². The molecule has 0 spiro atoms. The van der Waals surface area contributed by atoms with Crippen molar-refractivity contribution in [3.05, 3.63) is 58.3 Å². The van der Waals surface area contributed by atoms with Gasteiger partial charge in [-0.2, -0.15) is 5.10 Å². The van der Waals surface area contributed by atoms with Crippen LogP contribution < -0.4 is 4.74 Å². The number of ether oxygens (including phenoxy) is 1. The van der Waals surface area contributed by atoms with E-state index in [-0.39, 0.29) is 24.0 Å². The molecule has 2 aromatic heterocycles. The molecule has 1 aromatic carbocycles. The quantitative estimate of drug-likeness (QED) is 0.477. The van der Waals surface area contributed by atoms with E-state index in [1.165, 1.54) is 6.07 Å². The smallest absolute Gasteiger partial charge is 0.157 e. The number of pyridine rings is 1. The van der Waals surface area contributed by atoms with Crippen LogP contribution in [0.15, 0.2) is 47.2 Å². The SMILES string of the molecule is CC(C)n1nccc1-c1nc(Br)ccc1COc1cccc(O)c1C=O. The minimum Gasteiger partial charge on any atom is -0.507 e. The molecule has 0 aliphatic carbocycles. The van der Waals surface area contributed by atoms with Crippen molar-refractivity contribution in [1.29, 1.82) is 0 Å². The molecule has 7 heteroatoms. The van der Waals surface area contributed by atoms with Gasteiger partial charge < -0.3 is 9.84 Å². The molecule has 0 saturated carbocycles. The molecule has 0 bridgehead atoms. The first kappa shape index (κ1) is 18.1. The van der Waals surface area contributed by atoms with Gasteiger partial charge in [0.2, 0.25) is 0 Å². The molecule has 0 saturated heterocycles. The molecule has 0 aliphatic rings. The number of nitrogens with zero attached hydrogens (tertiary/aromatic N) is 3. The summed E-state index contributed by atoms with van der Waals surface area (Å²) in [6.07, 6.45) is 2.32. The third kappa shape index (κ3) is 3.62. The highest BCUT2D eigenvalue weighted by molar-refractivity contribution is 9.10. The molecule has 0 unspecified atom stereocenters. The van der Waals surface area contributed by atoms with Crippen LogP contribution in [-0.4, -0.2) is 26.2 Å². The lowest BCUT2D eigenvalue weighted by atomic mass is 10.1. The molecule has 0 amide bonds. The summed E-state index contributed by atoms with van der Waals surface area (Å²) in [5.41, 5.74) is 2.60. The third-order valence-corrected chi connectivity index (χ3v) is 4.33. The molecular formula is C19H18BrN3O3. The van der Waals surface area contributed by atoms with Crippen molar-refractivity contribution in [3.8, 4) is 22.9 Å². The fraction of sp³-hybridized carbons (Fsp3) is 0.211. The number of carbonyl (C=O) groups excluding carboxylic acids is 1.